The third-order valence-corrected chi connectivity index (χ3v) is 2.33. The van der Waals surface area contributed by atoms with Gasteiger partial charge in [-0.3, -0.25) is 4.79 Å². The second-order valence-electron chi connectivity index (χ2n) is 3.97. The first-order valence-corrected chi connectivity index (χ1v) is 5.18. The molecule has 0 aromatic heterocycles. The van der Waals surface area contributed by atoms with Gasteiger partial charge in [-0.1, -0.05) is 5.01 Å². The smallest absolute Gasteiger partial charge is 0.295 e. The van der Waals surface area contributed by atoms with Gasteiger partial charge in [0, 0.05) is 18.8 Å². The number of hydrogen-bond acceptors (Lipinski definition) is 6. The van der Waals surface area contributed by atoms with Crippen LogP contribution < -0.4 is 5.01 Å². The van der Waals surface area contributed by atoms with Crippen molar-refractivity contribution < 1.29 is 14.5 Å². The quantitative estimate of drug-likeness (QED) is 0.262. The van der Waals surface area contributed by atoms with Gasteiger partial charge < -0.3 is 15.2 Å². The molecule has 0 unspecified atom stereocenters. The van der Waals surface area contributed by atoms with Crippen LogP contribution in [0.4, 0.5) is 5.69 Å². The second kappa shape index (κ2) is 5.68. The molecule has 0 amide bonds. The molecule has 0 fully saturated rings. The molecule has 0 atom stereocenters. The molecule has 0 heterocycles. The third-order valence-electron chi connectivity index (χ3n) is 2.33. The summed E-state index contributed by atoms with van der Waals surface area (Å²) in [4.78, 5) is 10.2. The van der Waals surface area contributed by atoms with Gasteiger partial charge in [0.1, 0.15) is 5.69 Å². The third kappa shape index (κ3) is 3.10. The summed E-state index contributed by atoms with van der Waals surface area (Å²) in [5, 5.41) is 33.7. The maximum absolute atomic E-state index is 11.5. The lowest BCUT2D eigenvalue weighted by Crippen LogP contribution is -2.50. The van der Waals surface area contributed by atoms with E-state index in [0.29, 0.717) is 5.56 Å². The number of hydrogen-bond donors (Lipinski definition) is 0. The normalized spacial score (nSPS) is 11.5. The van der Waals surface area contributed by atoms with Crippen LogP contribution in [0.5, 0.6) is 0 Å². The average molecular weight is 263 g/mol. The Morgan fingerprint density at radius 1 is 1.47 bits per heavy atom. The molecule has 8 nitrogen and oxygen atoms in total. The van der Waals surface area contributed by atoms with Crippen molar-refractivity contribution in [1.29, 1.82) is 5.26 Å². The van der Waals surface area contributed by atoms with Crippen LogP contribution in [0, 0.1) is 21.7 Å². The molecule has 0 spiro atoms. The Bertz CT molecular complexity index is 518. The predicted molar refractivity (Wildman–Crippen MR) is 64.3 cm³/mol. The van der Waals surface area contributed by atoms with E-state index < -0.39 is 5.72 Å². The van der Waals surface area contributed by atoms with Crippen molar-refractivity contribution in [3.8, 4) is 6.07 Å². The van der Waals surface area contributed by atoms with Gasteiger partial charge >= 0.3 is 0 Å². The highest BCUT2D eigenvalue weighted by atomic mass is 16.6. The molecule has 0 N–H and O–H groups in total. The molecule has 8 heteroatoms. The molecular weight excluding hydrogens is 252 g/mol. The second-order valence-corrected chi connectivity index (χ2v) is 3.97. The van der Waals surface area contributed by atoms with Gasteiger partial charge in [-0.15, -0.1) is 0 Å². The highest BCUT2D eigenvalue weighted by molar-refractivity contribution is 5.50. The molecule has 1 rings (SSSR count). The zero-order valence-electron chi connectivity index (χ0n) is 10.3. The first-order chi connectivity index (χ1) is 8.96. The largest absolute Gasteiger partial charge is 0.737 e. The Morgan fingerprint density at radius 3 is 2.47 bits per heavy atom. The number of nitrogens with zero attached hydrogens (tertiary/aromatic N) is 4. The van der Waals surface area contributed by atoms with Crippen molar-refractivity contribution in [3.05, 3.63) is 40.2 Å². The molecule has 1 aromatic carbocycles. The van der Waals surface area contributed by atoms with Crippen molar-refractivity contribution in [2.24, 2.45) is 5.28 Å². The molecule has 100 valence electrons. The van der Waals surface area contributed by atoms with Crippen LogP contribution >= 0.6 is 0 Å². The van der Waals surface area contributed by atoms with Crippen LogP contribution in [0.3, 0.4) is 0 Å². The highest BCUT2D eigenvalue weighted by Gasteiger charge is 2.36. The first-order valence-electron chi connectivity index (χ1n) is 5.18. The zero-order valence-corrected chi connectivity index (χ0v) is 10.3. The minimum Gasteiger partial charge on any atom is -0.737 e. The van der Waals surface area contributed by atoms with Gasteiger partial charge in [0.15, 0.2) is 0 Å². The van der Waals surface area contributed by atoms with Crippen LogP contribution in [-0.2, 0) is 9.53 Å². The monoisotopic (exact) mass is 263 g/mol. The summed E-state index contributed by atoms with van der Waals surface area (Å²) in [6.45, 7) is 2.99. The van der Waals surface area contributed by atoms with E-state index in [1.54, 1.807) is 0 Å². The zero-order chi connectivity index (χ0) is 14.5. The number of hydrazine groups is 1. The van der Waals surface area contributed by atoms with Crippen molar-refractivity contribution in [2.75, 3.05) is 5.01 Å². The maximum Gasteiger partial charge on any atom is 0.295 e. The van der Waals surface area contributed by atoms with Crippen LogP contribution in [0.25, 0.3) is 0 Å². The molecule has 19 heavy (non-hydrogen) atoms. The lowest BCUT2D eigenvalue weighted by molar-refractivity contribution is -0.558. The fourth-order valence-electron chi connectivity index (χ4n) is 1.50. The fraction of sp³-hybridized carbons (Fsp3) is 0.273. The Balaban J connectivity index is 3.24. The number of nitriles is 1. The van der Waals surface area contributed by atoms with Crippen LogP contribution in [0.1, 0.15) is 19.4 Å². The predicted octanol–water partition coefficient (Wildman–Crippen LogP) is 1.65. The summed E-state index contributed by atoms with van der Waals surface area (Å²) < 4.78 is 4.77. The van der Waals surface area contributed by atoms with Crippen molar-refractivity contribution in [1.82, 2.24) is 0 Å². The number of carbonyl (C=O) groups is 1. The summed E-state index contributed by atoms with van der Waals surface area (Å²) in [5.41, 5.74) is -0.777. The standard InChI is InChI=1S/C11H12N4O4/c1-11(2,19-8-16)14(15(18)13-17)10-5-3-9(7-12)4-6-10/h3-6,8,17H,1-2H3/p-1/b15-13-. The summed E-state index contributed by atoms with van der Waals surface area (Å²) in [6.07, 6.45) is 0. The molecule has 0 aliphatic rings. The molecule has 0 saturated heterocycles. The molecular formula is C11H11N4O4-. The van der Waals surface area contributed by atoms with E-state index in [9.17, 15) is 15.2 Å². The SMILES string of the molecule is CC(C)(OC=O)N(c1ccc(C#N)cc1)/[N+]([O-])=N/[O-]. The topological polar surface area (TPSA) is 115 Å². The molecule has 0 aliphatic carbocycles. The van der Waals surface area contributed by atoms with Crippen molar-refractivity contribution in [3.63, 3.8) is 0 Å². The maximum atomic E-state index is 11.5. The van der Waals surface area contributed by atoms with Crippen LogP contribution in [0.15, 0.2) is 29.5 Å². The number of carbonyl (C=O) groups excluding carboxylic acids is 1. The van der Waals surface area contributed by atoms with E-state index in [-0.39, 0.29) is 17.1 Å². The Kier molecular flexibility index (Phi) is 4.26. The molecule has 0 saturated carbocycles. The summed E-state index contributed by atoms with van der Waals surface area (Å²) in [7, 11) is 0. The van der Waals surface area contributed by atoms with Crippen LogP contribution in [-0.4, -0.2) is 17.2 Å². The van der Waals surface area contributed by atoms with Gasteiger partial charge in [0.25, 0.3) is 6.47 Å². The molecule has 0 aliphatic heterocycles. The number of rotatable bonds is 5. The van der Waals surface area contributed by atoms with Gasteiger partial charge in [0.05, 0.1) is 11.6 Å². The van der Waals surface area contributed by atoms with Crippen molar-refractivity contribution in [2.45, 2.75) is 19.6 Å². The summed E-state index contributed by atoms with van der Waals surface area (Å²) in [5.74, 6) is 0. The number of anilines is 1. The molecule has 0 bridgehead atoms. The van der Waals surface area contributed by atoms with Gasteiger partial charge in [0.2, 0.25) is 5.72 Å². The number of benzene rings is 1. The van der Waals surface area contributed by atoms with E-state index in [1.165, 1.54) is 38.1 Å². The fourth-order valence-corrected chi connectivity index (χ4v) is 1.50. The van der Waals surface area contributed by atoms with Gasteiger partial charge in [-0.25, -0.2) is 0 Å². The van der Waals surface area contributed by atoms with Crippen LogP contribution in [0.2, 0.25) is 0 Å². The summed E-state index contributed by atoms with van der Waals surface area (Å²) in [6, 6.07) is 7.70. The Hall–Kier alpha value is -2.82. The van der Waals surface area contributed by atoms with E-state index in [2.05, 4.69) is 5.28 Å². The van der Waals surface area contributed by atoms with Crippen molar-refractivity contribution >= 4 is 12.2 Å². The first kappa shape index (κ1) is 14.2. The van der Waals surface area contributed by atoms with E-state index in [0.717, 1.165) is 5.01 Å². The average Bonchev–Trinajstić information content (AvgIpc) is 2.39. The van der Waals surface area contributed by atoms with E-state index in [1.807, 2.05) is 6.07 Å². The minimum absolute atomic E-state index is 0.162. The number of ether oxygens (including phenoxy) is 1. The van der Waals surface area contributed by atoms with E-state index >= 15 is 0 Å². The summed E-state index contributed by atoms with van der Waals surface area (Å²) >= 11 is 0. The highest BCUT2D eigenvalue weighted by Crippen LogP contribution is 2.25. The Morgan fingerprint density at radius 2 is 2.05 bits per heavy atom. The van der Waals surface area contributed by atoms with Gasteiger partial charge in [-0.2, -0.15) is 5.26 Å². The lowest BCUT2D eigenvalue weighted by atomic mass is 10.2. The lowest BCUT2D eigenvalue weighted by Gasteiger charge is -2.32. The minimum atomic E-state index is -1.41. The van der Waals surface area contributed by atoms with Gasteiger partial charge in [-0.05, 0) is 29.5 Å². The molecule has 0 radical (unpaired) electrons. The van der Waals surface area contributed by atoms with E-state index in [4.69, 9.17) is 10.00 Å². The molecule has 1 aromatic rings. The Labute approximate surface area is 109 Å².